The summed E-state index contributed by atoms with van der Waals surface area (Å²) in [6.07, 6.45) is 4.00. The van der Waals surface area contributed by atoms with Crippen molar-refractivity contribution >= 4 is 11.9 Å². The smallest absolute Gasteiger partial charge is 0.258 e. The van der Waals surface area contributed by atoms with E-state index in [1.54, 1.807) is 6.33 Å². The molecule has 0 radical (unpaired) electrons. The Kier molecular flexibility index (Phi) is 3.66. The molecule has 0 aliphatic carbocycles. The average molecular weight is 248 g/mol. The van der Waals surface area contributed by atoms with Crippen LogP contribution in [0.5, 0.6) is 0 Å². The predicted octanol–water partition coefficient (Wildman–Crippen LogP) is 0.340. The summed E-state index contributed by atoms with van der Waals surface area (Å²) in [4.78, 5) is 18.6. The van der Waals surface area contributed by atoms with Gasteiger partial charge in [-0.2, -0.15) is 24.7 Å². The van der Waals surface area contributed by atoms with Gasteiger partial charge in [-0.3, -0.25) is 0 Å². The van der Waals surface area contributed by atoms with Crippen molar-refractivity contribution in [3.05, 3.63) is 12.7 Å². The summed E-state index contributed by atoms with van der Waals surface area (Å²) in [5, 5.41) is 7.16. The van der Waals surface area contributed by atoms with E-state index in [2.05, 4.69) is 37.3 Å². The number of hydrogen-bond acceptors (Lipinski definition) is 7. The van der Waals surface area contributed by atoms with Gasteiger partial charge >= 0.3 is 0 Å². The molecule has 0 spiro atoms. The Bertz CT molecular complexity index is 493. The van der Waals surface area contributed by atoms with Crippen LogP contribution in [0.4, 0.5) is 11.9 Å². The molecule has 0 saturated carbocycles. The minimum atomic E-state index is 0.449. The Hall–Kier alpha value is -2.25. The summed E-state index contributed by atoms with van der Waals surface area (Å²) in [5.41, 5.74) is 0. The molecule has 0 saturated heterocycles. The van der Waals surface area contributed by atoms with E-state index < -0.39 is 0 Å². The largest absolute Gasteiger partial charge is 0.354 e. The summed E-state index contributed by atoms with van der Waals surface area (Å²) in [5.74, 6) is 1.57. The summed E-state index contributed by atoms with van der Waals surface area (Å²) in [6.45, 7) is 2.90. The van der Waals surface area contributed by atoms with Crippen molar-refractivity contribution in [3.8, 4) is 5.95 Å². The van der Waals surface area contributed by atoms with Gasteiger partial charge in [-0.15, -0.1) is 0 Å². The third-order valence-corrected chi connectivity index (χ3v) is 2.17. The van der Waals surface area contributed by atoms with Crippen molar-refractivity contribution in [2.24, 2.45) is 0 Å². The molecule has 96 valence electrons. The maximum Gasteiger partial charge on any atom is 0.258 e. The highest BCUT2D eigenvalue weighted by Crippen LogP contribution is 2.10. The van der Waals surface area contributed by atoms with Crippen LogP contribution >= 0.6 is 0 Å². The second-order valence-corrected chi connectivity index (χ2v) is 3.92. The van der Waals surface area contributed by atoms with Crippen molar-refractivity contribution in [2.75, 3.05) is 30.9 Å². The number of anilines is 2. The van der Waals surface area contributed by atoms with Gasteiger partial charge in [0.15, 0.2) is 0 Å². The van der Waals surface area contributed by atoms with E-state index in [0.717, 1.165) is 13.0 Å². The molecule has 8 heteroatoms. The predicted molar refractivity (Wildman–Crippen MR) is 67.9 cm³/mol. The third-order valence-electron chi connectivity index (χ3n) is 2.17. The van der Waals surface area contributed by atoms with Gasteiger partial charge in [-0.1, -0.05) is 6.92 Å². The van der Waals surface area contributed by atoms with Gasteiger partial charge in [0.1, 0.15) is 12.7 Å². The van der Waals surface area contributed by atoms with Gasteiger partial charge in [0.25, 0.3) is 5.95 Å². The van der Waals surface area contributed by atoms with E-state index >= 15 is 0 Å². The SMILES string of the molecule is CCCNc1nc(N(C)C)nc(-n2cncn2)n1. The van der Waals surface area contributed by atoms with Gasteiger partial charge in [0.2, 0.25) is 11.9 Å². The van der Waals surface area contributed by atoms with Crippen molar-refractivity contribution in [1.82, 2.24) is 29.7 Å². The molecule has 2 aromatic rings. The Morgan fingerprint density at radius 3 is 2.72 bits per heavy atom. The van der Waals surface area contributed by atoms with Crippen LogP contribution in [0.25, 0.3) is 5.95 Å². The van der Waals surface area contributed by atoms with Crippen LogP contribution in [-0.2, 0) is 0 Å². The molecule has 0 atom stereocenters. The third kappa shape index (κ3) is 2.70. The highest BCUT2D eigenvalue weighted by Gasteiger charge is 2.09. The molecule has 0 fully saturated rings. The van der Waals surface area contributed by atoms with E-state index in [9.17, 15) is 0 Å². The molecule has 8 nitrogen and oxygen atoms in total. The van der Waals surface area contributed by atoms with Crippen LogP contribution in [0.3, 0.4) is 0 Å². The number of nitrogens with one attached hydrogen (secondary N) is 1. The fraction of sp³-hybridized carbons (Fsp3) is 0.500. The van der Waals surface area contributed by atoms with Crippen LogP contribution in [0.15, 0.2) is 12.7 Å². The second kappa shape index (κ2) is 5.39. The van der Waals surface area contributed by atoms with Gasteiger partial charge in [0, 0.05) is 20.6 Å². The van der Waals surface area contributed by atoms with Crippen LogP contribution in [0.1, 0.15) is 13.3 Å². The van der Waals surface area contributed by atoms with Crippen molar-refractivity contribution in [2.45, 2.75) is 13.3 Å². The highest BCUT2D eigenvalue weighted by molar-refractivity contribution is 5.38. The molecular formula is C10H16N8. The summed E-state index contributed by atoms with van der Waals surface area (Å²) < 4.78 is 1.51. The van der Waals surface area contributed by atoms with Crippen molar-refractivity contribution in [3.63, 3.8) is 0 Å². The standard InChI is InChI=1S/C10H16N8/c1-4-5-12-8-14-9(17(2)3)16-10(15-8)18-7-11-6-13-18/h6-7H,4-5H2,1-3H3,(H,12,14,15,16). The van der Waals surface area contributed by atoms with E-state index in [-0.39, 0.29) is 0 Å². The normalized spacial score (nSPS) is 10.4. The topological polar surface area (TPSA) is 84.7 Å². The van der Waals surface area contributed by atoms with Crippen LogP contribution in [0.2, 0.25) is 0 Å². The number of nitrogens with zero attached hydrogens (tertiary/aromatic N) is 7. The van der Waals surface area contributed by atoms with E-state index in [0.29, 0.717) is 17.8 Å². The van der Waals surface area contributed by atoms with Crippen molar-refractivity contribution in [1.29, 1.82) is 0 Å². The van der Waals surface area contributed by atoms with Gasteiger partial charge in [-0.25, -0.2) is 4.98 Å². The van der Waals surface area contributed by atoms with Crippen molar-refractivity contribution < 1.29 is 0 Å². The van der Waals surface area contributed by atoms with Crippen LogP contribution < -0.4 is 10.2 Å². The molecule has 0 aliphatic heterocycles. The van der Waals surface area contributed by atoms with E-state index in [4.69, 9.17) is 0 Å². The van der Waals surface area contributed by atoms with Crippen LogP contribution in [-0.4, -0.2) is 50.4 Å². The summed E-state index contributed by atoms with van der Waals surface area (Å²) in [6, 6.07) is 0. The molecule has 0 aromatic carbocycles. The zero-order valence-electron chi connectivity index (χ0n) is 10.7. The zero-order valence-corrected chi connectivity index (χ0v) is 10.7. The van der Waals surface area contributed by atoms with Gasteiger partial charge < -0.3 is 10.2 Å². The van der Waals surface area contributed by atoms with Crippen LogP contribution in [0, 0.1) is 0 Å². The molecule has 0 aliphatic rings. The highest BCUT2D eigenvalue weighted by atomic mass is 15.4. The van der Waals surface area contributed by atoms with E-state index in [1.807, 2.05) is 19.0 Å². The first-order valence-corrected chi connectivity index (χ1v) is 5.73. The monoisotopic (exact) mass is 248 g/mol. The second-order valence-electron chi connectivity index (χ2n) is 3.92. The van der Waals surface area contributed by atoms with Gasteiger partial charge in [-0.05, 0) is 6.42 Å². The maximum atomic E-state index is 4.31. The Labute approximate surface area is 105 Å². The lowest BCUT2D eigenvalue weighted by Crippen LogP contribution is -2.17. The minimum Gasteiger partial charge on any atom is -0.354 e. The first kappa shape index (κ1) is 12.2. The summed E-state index contributed by atoms with van der Waals surface area (Å²) >= 11 is 0. The molecule has 1 N–H and O–H groups in total. The Morgan fingerprint density at radius 2 is 2.11 bits per heavy atom. The number of rotatable bonds is 5. The first-order chi connectivity index (χ1) is 8.70. The number of aromatic nitrogens is 6. The molecular weight excluding hydrogens is 232 g/mol. The molecule has 2 rings (SSSR count). The Morgan fingerprint density at radius 1 is 1.28 bits per heavy atom. The molecule has 0 amide bonds. The zero-order chi connectivity index (χ0) is 13.0. The van der Waals surface area contributed by atoms with Gasteiger partial charge in [0.05, 0.1) is 0 Å². The molecule has 0 bridgehead atoms. The lowest BCUT2D eigenvalue weighted by molar-refractivity contribution is 0.785. The lowest BCUT2D eigenvalue weighted by Gasteiger charge is -2.12. The minimum absolute atomic E-state index is 0.449. The number of hydrogen-bond donors (Lipinski definition) is 1. The molecule has 18 heavy (non-hydrogen) atoms. The fourth-order valence-corrected chi connectivity index (χ4v) is 1.28. The maximum absolute atomic E-state index is 4.31. The quantitative estimate of drug-likeness (QED) is 0.816. The molecule has 2 aromatic heterocycles. The first-order valence-electron chi connectivity index (χ1n) is 5.73. The summed E-state index contributed by atoms with van der Waals surface area (Å²) in [7, 11) is 3.76. The molecule has 0 unspecified atom stereocenters. The average Bonchev–Trinajstić information content (AvgIpc) is 2.89. The fourth-order valence-electron chi connectivity index (χ4n) is 1.28. The molecule has 2 heterocycles. The Balaban J connectivity index is 2.36. The lowest BCUT2D eigenvalue weighted by atomic mass is 10.5. The van der Waals surface area contributed by atoms with E-state index in [1.165, 1.54) is 11.0 Å².